The molecule has 0 aromatic rings. The number of hydrogen-bond donors (Lipinski definition) is 0. The normalized spacial score (nSPS) is 19.0. The predicted molar refractivity (Wildman–Crippen MR) is 109 cm³/mol. The summed E-state index contributed by atoms with van der Waals surface area (Å²) in [5.41, 5.74) is 1.61. The Morgan fingerprint density at radius 1 is 0.957 bits per heavy atom. The molecule has 1 atom stereocenters. The molecule has 0 aromatic heterocycles. The van der Waals surface area contributed by atoms with Crippen molar-refractivity contribution in [2.75, 3.05) is 5.75 Å². The van der Waals surface area contributed by atoms with Gasteiger partial charge in [0.15, 0.2) is 0 Å². The molecule has 0 fully saturated rings. The zero-order valence-electron chi connectivity index (χ0n) is 16.5. The van der Waals surface area contributed by atoms with Crippen LogP contribution in [-0.2, 0) is 0 Å². The van der Waals surface area contributed by atoms with E-state index in [4.69, 9.17) is 0 Å². The minimum atomic E-state index is 0.469. The Morgan fingerprint density at radius 3 is 2.04 bits per heavy atom. The molecule has 0 N–H and O–H groups in total. The lowest BCUT2D eigenvalue weighted by Crippen LogP contribution is -2.29. The standard InChI is InChI=1S/C22H42S/c1-5-6-7-8-9-10-11-12-13-14-19-23-22(3,4)21-17-15-20(2)16-18-21/h15,21H,5-14,16-19H2,1-4H3. The van der Waals surface area contributed by atoms with Gasteiger partial charge in [0.25, 0.3) is 0 Å². The van der Waals surface area contributed by atoms with Crippen LogP contribution in [0.2, 0.25) is 0 Å². The van der Waals surface area contributed by atoms with Crippen molar-refractivity contribution in [2.45, 2.75) is 116 Å². The highest BCUT2D eigenvalue weighted by Gasteiger charge is 2.30. The van der Waals surface area contributed by atoms with E-state index in [1.807, 2.05) is 0 Å². The van der Waals surface area contributed by atoms with Crippen molar-refractivity contribution in [1.82, 2.24) is 0 Å². The summed E-state index contributed by atoms with van der Waals surface area (Å²) in [6, 6.07) is 0. The first kappa shape index (κ1) is 21.1. The second kappa shape index (κ2) is 12.5. The van der Waals surface area contributed by atoms with E-state index in [9.17, 15) is 0 Å². The average molecular weight is 339 g/mol. The van der Waals surface area contributed by atoms with E-state index in [0.29, 0.717) is 4.75 Å². The fraction of sp³-hybridized carbons (Fsp3) is 0.909. The summed E-state index contributed by atoms with van der Waals surface area (Å²) in [6.45, 7) is 9.55. The summed E-state index contributed by atoms with van der Waals surface area (Å²) < 4.78 is 0.469. The monoisotopic (exact) mass is 338 g/mol. The van der Waals surface area contributed by atoms with E-state index in [0.717, 1.165) is 5.92 Å². The molecule has 0 aliphatic heterocycles. The molecular weight excluding hydrogens is 296 g/mol. The largest absolute Gasteiger partial charge is 0.155 e. The quantitative estimate of drug-likeness (QED) is 0.241. The second-order valence-electron chi connectivity index (χ2n) is 8.16. The maximum Gasteiger partial charge on any atom is 0.0134 e. The number of rotatable bonds is 13. The molecule has 0 bridgehead atoms. The first-order valence-corrected chi connectivity index (χ1v) is 11.3. The van der Waals surface area contributed by atoms with Gasteiger partial charge >= 0.3 is 0 Å². The van der Waals surface area contributed by atoms with Crippen LogP contribution < -0.4 is 0 Å². The van der Waals surface area contributed by atoms with Gasteiger partial charge in [-0.05, 0) is 44.3 Å². The summed E-state index contributed by atoms with van der Waals surface area (Å²) in [7, 11) is 0. The van der Waals surface area contributed by atoms with Crippen molar-refractivity contribution in [1.29, 1.82) is 0 Å². The molecule has 0 nitrogen and oxygen atoms in total. The molecule has 1 unspecified atom stereocenters. The summed E-state index contributed by atoms with van der Waals surface area (Å²) >= 11 is 2.23. The molecule has 0 radical (unpaired) electrons. The van der Waals surface area contributed by atoms with Crippen LogP contribution in [0.3, 0.4) is 0 Å². The zero-order valence-corrected chi connectivity index (χ0v) is 17.3. The van der Waals surface area contributed by atoms with Crippen molar-refractivity contribution in [3.63, 3.8) is 0 Å². The summed E-state index contributed by atoms with van der Waals surface area (Å²) in [5, 5.41) is 0. The maximum atomic E-state index is 2.48. The lowest BCUT2D eigenvalue weighted by molar-refractivity contribution is 0.384. The van der Waals surface area contributed by atoms with Gasteiger partial charge in [0, 0.05) is 4.75 Å². The number of unbranched alkanes of at least 4 members (excludes halogenated alkanes) is 9. The smallest absolute Gasteiger partial charge is 0.0134 e. The molecule has 0 amide bonds. The van der Waals surface area contributed by atoms with Gasteiger partial charge in [0.05, 0.1) is 0 Å². The highest BCUT2D eigenvalue weighted by Crippen LogP contribution is 2.40. The highest BCUT2D eigenvalue weighted by molar-refractivity contribution is 8.00. The Hall–Kier alpha value is 0.0900. The summed E-state index contributed by atoms with van der Waals surface area (Å²) in [5.74, 6) is 2.25. The Morgan fingerprint density at radius 2 is 1.52 bits per heavy atom. The van der Waals surface area contributed by atoms with Gasteiger partial charge in [-0.25, -0.2) is 0 Å². The Labute approximate surface area is 151 Å². The first-order valence-electron chi connectivity index (χ1n) is 10.4. The van der Waals surface area contributed by atoms with Gasteiger partial charge < -0.3 is 0 Å². The Bertz CT molecular complexity index is 316. The molecular formula is C22H42S. The third-order valence-electron chi connectivity index (χ3n) is 5.59. The van der Waals surface area contributed by atoms with E-state index in [2.05, 4.69) is 45.5 Å². The Balaban J connectivity index is 1.95. The van der Waals surface area contributed by atoms with Crippen LogP contribution in [0.4, 0.5) is 0 Å². The van der Waals surface area contributed by atoms with Crippen LogP contribution in [0.1, 0.15) is 111 Å². The molecule has 1 aliphatic rings. The first-order chi connectivity index (χ1) is 11.1. The second-order valence-corrected chi connectivity index (χ2v) is 9.90. The summed E-state index contributed by atoms with van der Waals surface area (Å²) in [6.07, 6.45) is 21.0. The van der Waals surface area contributed by atoms with Crippen molar-refractivity contribution in [2.24, 2.45) is 5.92 Å². The third kappa shape index (κ3) is 9.85. The van der Waals surface area contributed by atoms with Crippen molar-refractivity contribution in [3.8, 4) is 0 Å². The van der Waals surface area contributed by atoms with Crippen molar-refractivity contribution in [3.05, 3.63) is 11.6 Å². The minimum absolute atomic E-state index is 0.469. The van der Waals surface area contributed by atoms with E-state index >= 15 is 0 Å². The van der Waals surface area contributed by atoms with Crippen LogP contribution in [0.15, 0.2) is 11.6 Å². The van der Waals surface area contributed by atoms with Crippen LogP contribution in [-0.4, -0.2) is 10.5 Å². The maximum absolute atomic E-state index is 2.48. The van der Waals surface area contributed by atoms with Gasteiger partial charge in [0.2, 0.25) is 0 Å². The molecule has 1 rings (SSSR count). The van der Waals surface area contributed by atoms with E-state index < -0.39 is 0 Å². The van der Waals surface area contributed by atoms with Crippen molar-refractivity contribution < 1.29 is 0 Å². The van der Waals surface area contributed by atoms with E-state index in [1.165, 1.54) is 89.2 Å². The van der Waals surface area contributed by atoms with E-state index in [1.54, 1.807) is 5.57 Å². The lowest BCUT2D eigenvalue weighted by atomic mass is 9.82. The van der Waals surface area contributed by atoms with Gasteiger partial charge in [-0.3, -0.25) is 0 Å². The van der Waals surface area contributed by atoms with E-state index in [-0.39, 0.29) is 0 Å². The van der Waals surface area contributed by atoms with Crippen molar-refractivity contribution >= 4 is 11.8 Å². The molecule has 0 spiro atoms. The fourth-order valence-corrected chi connectivity index (χ4v) is 4.96. The number of allylic oxidation sites excluding steroid dienone is 2. The van der Waals surface area contributed by atoms with Gasteiger partial charge in [-0.2, -0.15) is 11.8 Å². The number of hydrogen-bond acceptors (Lipinski definition) is 1. The molecule has 136 valence electrons. The van der Waals surface area contributed by atoms with Gasteiger partial charge in [0.1, 0.15) is 0 Å². The minimum Gasteiger partial charge on any atom is -0.155 e. The lowest BCUT2D eigenvalue weighted by Gasteiger charge is -2.35. The van der Waals surface area contributed by atoms with Crippen LogP contribution in [0, 0.1) is 5.92 Å². The number of thioether (sulfide) groups is 1. The third-order valence-corrected chi connectivity index (χ3v) is 7.16. The average Bonchev–Trinajstić information content (AvgIpc) is 2.53. The van der Waals surface area contributed by atoms with Crippen LogP contribution in [0.25, 0.3) is 0 Å². The highest BCUT2D eigenvalue weighted by atomic mass is 32.2. The molecule has 23 heavy (non-hydrogen) atoms. The molecule has 1 heteroatoms. The Kier molecular flexibility index (Phi) is 11.4. The topological polar surface area (TPSA) is 0 Å². The molecule has 0 saturated heterocycles. The predicted octanol–water partition coefficient (Wildman–Crippen LogP) is 8.17. The van der Waals surface area contributed by atoms with Crippen LogP contribution >= 0.6 is 11.8 Å². The molecule has 0 saturated carbocycles. The molecule has 0 heterocycles. The zero-order chi connectivity index (χ0) is 17.0. The molecule has 1 aliphatic carbocycles. The summed E-state index contributed by atoms with van der Waals surface area (Å²) in [4.78, 5) is 0. The fourth-order valence-electron chi connectivity index (χ4n) is 3.64. The SMILES string of the molecule is CCCCCCCCCCCCSC(C)(C)C1CC=C(C)CC1. The van der Waals surface area contributed by atoms with Crippen LogP contribution in [0.5, 0.6) is 0 Å². The molecule has 0 aromatic carbocycles. The van der Waals surface area contributed by atoms with Gasteiger partial charge in [-0.15, -0.1) is 0 Å². The van der Waals surface area contributed by atoms with Gasteiger partial charge in [-0.1, -0.05) is 90.2 Å².